The molecule has 0 aliphatic rings. The lowest BCUT2D eigenvalue weighted by molar-refractivity contribution is -0.137. The molecule has 1 heterocycles. The number of hydrogen-bond donors (Lipinski definition) is 1. The van der Waals surface area contributed by atoms with E-state index < -0.39 is 29.0 Å². The van der Waals surface area contributed by atoms with E-state index in [0.717, 1.165) is 0 Å². The third-order valence-electron chi connectivity index (χ3n) is 2.78. The van der Waals surface area contributed by atoms with Crippen molar-refractivity contribution in [2.45, 2.75) is 13.1 Å². The number of amides is 1. The Kier molecular flexibility index (Phi) is 3.71. The van der Waals surface area contributed by atoms with Gasteiger partial charge >= 0.3 is 6.18 Å². The fourth-order valence-electron chi connectivity index (χ4n) is 1.79. The largest absolute Gasteiger partial charge is 0.416 e. The Bertz CT molecular complexity index is 691. The van der Waals surface area contributed by atoms with Crippen LogP contribution in [-0.4, -0.2) is 15.7 Å². The molecule has 1 N–H and O–H groups in total. The Labute approximate surface area is 117 Å². The zero-order chi connectivity index (χ0) is 15.8. The molecule has 1 aromatic heterocycles. The SMILES string of the molecule is Cc1cc(NC(=O)c2cc(C(F)(F)F)ccc2F)n(C)n1. The first-order valence-electron chi connectivity index (χ1n) is 5.87. The van der Waals surface area contributed by atoms with E-state index in [1.54, 1.807) is 14.0 Å². The molecule has 1 amide bonds. The van der Waals surface area contributed by atoms with Gasteiger partial charge in [-0.05, 0) is 25.1 Å². The van der Waals surface area contributed by atoms with E-state index in [1.807, 2.05) is 0 Å². The van der Waals surface area contributed by atoms with Crippen LogP contribution in [-0.2, 0) is 13.2 Å². The number of rotatable bonds is 2. The minimum Gasteiger partial charge on any atom is -0.307 e. The number of anilines is 1. The lowest BCUT2D eigenvalue weighted by atomic mass is 10.1. The molecule has 21 heavy (non-hydrogen) atoms. The van der Waals surface area contributed by atoms with E-state index in [4.69, 9.17) is 0 Å². The van der Waals surface area contributed by atoms with Gasteiger partial charge in [-0.3, -0.25) is 9.48 Å². The summed E-state index contributed by atoms with van der Waals surface area (Å²) >= 11 is 0. The molecular formula is C13H11F4N3O. The molecule has 0 aliphatic heterocycles. The predicted octanol–water partition coefficient (Wildman–Crippen LogP) is 3.14. The van der Waals surface area contributed by atoms with Gasteiger partial charge in [0.05, 0.1) is 16.8 Å². The maximum atomic E-state index is 13.6. The summed E-state index contributed by atoms with van der Waals surface area (Å²) in [4.78, 5) is 11.9. The van der Waals surface area contributed by atoms with Crippen molar-refractivity contribution in [1.82, 2.24) is 9.78 Å². The van der Waals surface area contributed by atoms with Crippen molar-refractivity contribution in [2.75, 3.05) is 5.32 Å². The van der Waals surface area contributed by atoms with E-state index in [2.05, 4.69) is 10.4 Å². The second-order valence-corrected chi connectivity index (χ2v) is 4.44. The lowest BCUT2D eigenvalue weighted by Crippen LogP contribution is -2.17. The number of nitrogens with one attached hydrogen (secondary N) is 1. The third kappa shape index (κ3) is 3.21. The fraction of sp³-hybridized carbons (Fsp3) is 0.231. The van der Waals surface area contributed by atoms with Crippen molar-refractivity contribution in [2.24, 2.45) is 7.05 Å². The van der Waals surface area contributed by atoms with E-state index in [-0.39, 0.29) is 5.82 Å². The highest BCUT2D eigenvalue weighted by atomic mass is 19.4. The number of aromatic nitrogens is 2. The van der Waals surface area contributed by atoms with Crippen LogP contribution in [0.5, 0.6) is 0 Å². The van der Waals surface area contributed by atoms with Crippen LogP contribution in [0.2, 0.25) is 0 Å². The summed E-state index contributed by atoms with van der Waals surface area (Å²) in [5, 5.41) is 6.29. The second kappa shape index (κ2) is 5.19. The number of carbonyl (C=O) groups is 1. The Morgan fingerprint density at radius 2 is 1.95 bits per heavy atom. The first-order valence-corrected chi connectivity index (χ1v) is 5.87. The molecule has 0 unspecified atom stereocenters. The summed E-state index contributed by atoms with van der Waals surface area (Å²) in [5.41, 5.74) is -1.16. The van der Waals surface area contributed by atoms with Crippen LogP contribution in [0.3, 0.4) is 0 Å². The van der Waals surface area contributed by atoms with Gasteiger partial charge in [0.15, 0.2) is 0 Å². The monoisotopic (exact) mass is 301 g/mol. The van der Waals surface area contributed by atoms with Crippen LogP contribution in [0.1, 0.15) is 21.6 Å². The van der Waals surface area contributed by atoms with Crippen LogP contribution in [0.25, 0.3) is 0 Å². The van der Waals surface area contributed by atoms with E-state index in [0.29, 0.717) is 23.9 Å². The molecule has 4 nitrogen and oxygen atoms in total. The number of nitrogens with zero attached hydrogens (tertiary/aromatic N) is 2. The van der Waals surface area contributed by atoms with Gasteiger partial charge in [0.2, 0.25) is 0 Å². The molecule has 1 aromatic carbocycles. The van der Waals surface area contributed by atoms with Gasteiger partial charge in [-0.25, -0.2) is 4.39 Å². The Morgan fingerprint density at radius 1 is 1.29 bits per heavy atom. The molecule has 0 atom stereocenters. The van der Waals surface area contributed by atoms with Crippen molar-refractivity contribution in [1.29, 1.82) is 0 Å². The molecule has 0 saturated carbocycles. The molecular weight excluding hydrogens is 290 g/mol. The first-order chi connectivity index (χ1) is 9.68. The van der Waals surface area contributed by atoms with Gasteiger partial charge in [-0.1, -0.05) is 0 Å². The molecule has 2 aromatic rings. The summed E-state index contributed by atoms with van der Waals surface area (Å²) in [5.74, 6) is -1.74. The van der Waals surface area contributed by atoms with Crippen LogP contribution in [0, 0.1) is 12.7 Å². The van der Waals surface area contributed by atoms with Gasteiger partial charge in [0.1, 0.15) is 11.6 Å². The third-order valence-corrected chi connectivity index (χ3v) is 2.78. The predicted molar refractivity (Wildman–Crippen MR) is 67.3 cm³/mol. The summed E-state index contributed by atoms with van der Waals surface area (Å²) in [6, 6.07) is 3.20. The molecule has 0 bridgehead atoms. The molecule has 112 valence electrons. The zero-order valence-corrected chi connectivity index (χ0v) is 11.1. The van der Waals surface area contributed by atoms with Crippen LogP contribution in [0.15, 0.2) is 24.3 Å². The molecule has 0 spiro atoms. The zero-order valence-electron chi connectivity index (χ0n) is 11.1. The first kappa shape index (κ1) is 15.0. The Hall–Kier alpha value is -2.38. The minimum absolute atomic E-state index is 0.259. The fourth-order valence-corrected chi connectivity index (χ4v) is 1.79. The van der Waals surface area contributed by atoms with Crippen LogP contribution < -0.4 is 5.32 Å². The summed E-state index contributed by atoms with van der Waals surface area (Å²) in [7, 11) is 1.55. The van der Waals surface area contributed by atoms with Crippen molar-refractivity contribution < 1.29 is 22.4 Å². The van der Waals surface area contributed by atoms with Gasteiger partial charge in [-0.15, -0.1) is 0 Å². The average Bonchev–Trinajstić information content (AvgIpc) is 2.66. The minimum atomic E-state index is -4.65. The van der Waals surface area contributed by atoms with Crippen molar-refractivity contribution >= 4 is 11.7 Å². The maximum absolute atomic E-state index is 13.6. The molecule has 0 saturated heterocycles. The van der Waals surface area contributed by atoms with Gasteiger partial charge in [0, 0.05) is 13.1 Å². The molecule has 2 rings (SSSR count). The number of hydrogen-bond acceptors (Lipinski definition) is 2. The molecule has 0 fully saturated rings. The van der Waals surface area contributed by atoms with Crippen molar-refractivity contribution in [3.05, 3.63) is 46.9 Å². The standard InChI is InChI=1S/C13H11F4N3O/c1-7-5-11(20(2)19-7)18-12(21)9-6-8(13(15,16)17)3-4-10(9)14/h3-6H,1-2H3,(H,18,21). The molecule has 0 aliphatic carbocycles. The summed E-state index contributed by atoms with van der Waals surface area (Å²) in [6.45, 7) is 1.68. The number of halogens is 4. The normalized spacial score (nSPS) is 11.5. The number of aryl methyl sites for hydroxylation is 2. The topological polar surface area (TPSA) is 46.9 Å². The van der Waals surface area contributed by atoms with Crippen molar-refractivity contribution in [3.8, 4) is 0 Å². The Balaban J connectivity index is 2.33. The van der Waals surface area contributed by atoms with Crippen LogP contribution in [0.4, 0.5) is 23.4 Å². The highest BCUT2D eigenvalue weighted by Gasteiger charge is 2.32. The van der Waals surface area contributed by atoms with Gasteiger partial charge in [-0.2, -0.15) is 18.3 Å². The maximum Gasteiger partial charge on any atom is 0.416 e. The highest BCUT2D eigenvalue weighted by Crippen LogP contribution is 2.30. The number of alkyl halides is 3. The smallest absolute Gasteiger partial charge is 0.307 e. The molecule has 0 radical (unpaired) electrons. The van der Waals surface area contributed by atoms with E-state index >= 15 is 0 Å². The van der Waals surface area contributed by atoms with Crippen LogP contribution >= 0.6 is 0 Å². The van der Waals surface area contributed by atoms with E-state index in [9.17, 15) is 22.4 Å². The lowest BCUT2D eigenvalue weighted by Gasteiger charge is -2.10. The average molecular weight is 301 g/mol. The summed E-state index contributed by atoms with van der Waals surface area (Å²) in [6.07, 6.45) is -4.65. The van der Waals surface area contributed by atoms with E-state index in [1.165, 1.54) is 10.7 Å². The number of benzene rings is 1. The Morgan fingerprint density at radius 3 is 2.48 bits per heavy atom. The van der Waals surface area contributed by atoms with Gasteiger partial charge in [0.25, 0.3) is 5.91 Å². The quantitative estimate of drug-likeness (QED) is 0.866. The summed E-state index contributed by atoms with van der Waals surface area (Å²) < 4.78 is 52.7. The highest BCUT2D eigenvalue weighted by molar-refractivity contribution is 6.04. The van der Waals surface area contributed by atoms with Gasteiger partial charge < -0.3 is 5.32 Å². The molecule has 8 heteroatoms. The van der Waals surface area contributed by atoms with Crippen molar-refractivity contribution in [3.63, 3.8) is 0 Å². The second-order valence-electron chi connectivity index (χ2n) is 4.44. The number of carbonyl (C=O) groups excluding carboxylic acids is 1.